The van der Waals surface area contributed by atoms with Crippen LogP contribution in [0.15, 0.2) is 35.5 Å². The number of fused-ring (bicyclic) bond motifs is 2. The molecule has 0 radical (unpaired) electrons. The first-order valence-corrected chi connectivity index (χ1v) is 7.37. The minimum absolute atomic E-state index is 0.833. The standard InChI is InChI=1S/C9H12.C8H10/c1-2-8-5-7-3-4-9(8)6-7;1-5-2-7-4-8(5)3-6(1)7/h2-4,7,9H,5-6H2,1H3;1,5,7-8H,2-4H2. The number of hydrogen-bond acceptors (Lipinski definition) is 0. The highest BCUT2D eigenvalue weighted by atomic mass is 14.5. The van der Waals surface area contributed by atoms with Gasteiger partial charge in [0.05, 0.1) is 0 Å². The Morgan fingerprint density at radius 1 is 1.12 bits per heavy atom. The molecule has 0 aromatic rings. The van der Waals surface area contributed by atoms with Crippen LogP contribution in [-0.4, -0.2) is 0 Å². The third-order valence-electron chi connectivity index (χ3n) is 5.72. The smallest absolute Gasteiger partial charge is 0.00174 e. The van der Waals surface area contributed by atoms with E-state index in [9.17, 15) is 0 Å². The van der Waals surface area contributed by atoms with E-state index < -0.39 is 0 Å². The van der Waals surface area contributed by atoms with Gasteiger partial charge in [0.2, 0.25) is 0 Å². The first kappa shape index (κ1) is 10.2. The molecule has 0 spiro atoms. The van der Waals surface area contributed by atoms with Crippen LogP contribution >= 0.6 is 0 Å². The van der Waals surface area contributed by atoms with Gasteiger partial charge in [-0.15, -0.1) is 0 Å². The quantitative estimate of drug-likeness (QED) is 0.533. The molecule has 17 heavy (non-hydrogen) atoms. The van der Waals surface area contributed by atoms with Gasteiger partial charge < -0.3 is 0 Å². The van der Waals surface area contributed by atoms with E-state index in [4.69, 9.17) is 0 Å². The molecule has 3 saturated carbocycles. The molecule has 5 unspecified atom stereocenters. The summed E-state index contributed by atoms with van der Waals surface area (Å²) in [6.07, 6.45) is 16.9. The Morgan fingerprint density at radius 3 is 2.29 bits per heavy atom. The monoisotopic (exact) mass is 226 g/mol. The van der Waals surface area contributed by atoms with E-state index in [1.54, 1.807) is 12.0 Å². The molecule has 90 valence electrons. The van der Waals surface area contributed by atoms with Crippen LogP contribution in [0.4, 0.5) is 0 Å². The van der Waals surface area contributed by atoms with Gasteiger partial charge >= 0.3 is 0 Å². The molecule has 0 aliphatic heterocycles. The van der Waals surface area contributed by atoms with Crippen LogP contribution in [0.1, 0.15) is 39.0 Å². The van der Waals surface area contributed by atoms with Crippen molar-refractivity contribution in [3.8, 4) is 0 Å². The Kier molecular flexibility index (Phi) is 2.16. The van der Waals surface area contributed by atoms with Crippen LogP contribution in [0.2, 0.25) is 0 Å². The summed E-state index contributed by atoms with van der Waals surface area (Å²) >= 11 is 0. The molecule has 0 amide bonds. The van der Waals surface area contributed by atoms with Gasteiger partial charge in [0, 0.05) is 0 Å². The fraction of sp³-hybridized carbons (Fsp3) is 0.647. The van der Waals surface area contributed by atoms with Crippen molar-refractivity contribution >= 4 is 0 Å². The zero-order chi connectivity index (χ0) is 11.4. The number of rotatable bonds is 0. The van der Waals surface area contributed by atoms with Crippen molar-refractivity contribution in [2.75, 3.05) is 0 Å². The van der Waals surface area contributed by atoms with Gasteiger partial charge in [-0.3, -0.25) is 0 Å². The van der Waals surface area contributed by atoms with Crippen molar-refractivity contribution in [3.05, 3.63) is 35.5 Å². The van der Waals surface area contributed by atoms with Crippen LogP contribution in [0.3, 0.4) is 0 Å². The van der Waals surface area contributed by atoms with Crippen LogP contribution in [-0.2, 0) is 0 Å². The zero-order valence-corrected chi connectivity index (χ0v) is 10.7. The summed E-state index contributed by atoms with van der Waals surface area (Å²) in [5.41, 5.74) is 3.49. The SMILES string of the molecule is C1=C2CC3CC2CC13.CC=C1CC2C=CC1C2. The fourth-order valence-electron chi connectivity index (χ4n) is 4.83. The molecular formula is C17H22. The molecule has 0 saturated heterocycles. The number of allylic oxidation sites excluding steroid dienone is 6. The molecule has 0 heteroatoms. The second kappa shape index (κ2) is 3.60. The molecule has 6 aliphatic carbocycles. The zero-order valence-electron chi connectivity index (χ0n) is 10.7. The Labute approximate surface area is 104 Å². The van der Waals surface area contributed by atoms with Crippen molar-refractivity contribution in [1.82, 2.24) is 0 Å². The lowest BCUT2D eigenvalue weighted by molar-refractivity contribution is 0.494. The molecule has 0 heterocycles. The van der Waals surface area contributed by atoms with Gasteiger partial charge in [0.15, 0.2) is 0 Å². The topological polar surface area (TPSA) is 0 Å². The predicted octanol–water partition coefficient (Wildman–Crippen LogP) is 4.50. The summed E-state index contributed by atoms with van der Waals surface area (Å²) in [6, 6.07) is 0. The normalized spacial score (nSPS) is 49.1. The van der Waals surface area contributed by atoms with Crippen LogP contribution in [0.5, 0.6) is 0 Å². The third-order valence-corrected chi connectivity index (χ3v) is 5.72. The number of hydrogen-bond donors (Lipinski definition) is 0. The summed E-state index contributed by atoms with van der Waals surface area (Å²) < 4.78 is 0. The molecular weight excluding hydrogens is 204 g/mol. The Morgan fingerprint density at radius 2 is 2.06 bits per heavy atom. The molecule has 5 atom stereocenters. The van der Waals surface area contributed by atoms with E-state index in [0.29, 0.717) is 0 Å². The van der Waals surface area contributed by atoms with E-state index in [2.05, 4.69) is 31.2 Å². The first-order valence-electron chi connectivity index (χ1n) is 7.37. The minimum atomic E-state index is 0.833. The molecule has 0 aromatic carbocycles. The molecule has 0 aromatic heterocycles. The van der Waals surface area contributed by atoms with Crippen molar-refractivity contribution < 1.29 is 0 Å². The van der Waals surface area contributed by atoms with Crippen molar-refractivity contribution in [2.45, 2.75) is 39.0 Å². The van der Waals surface area contributed by atoms with E-state index in [0.717, 1.165) is 29.6 Å². The van der Waals surface area contributed by atoms with E-state index in [1.165, 1.54) is 25.7 Å². The van der Waals surface area contributed by atoms with E-state index in [-0.39, 0.29) is 0 Å². The first-order chi connectivity index (χ1) is 8.33. The summed E-state index contributed by atoms with van der Waals surface area (Å²) in [6.45, 7) is 2.16. The van der Waals surface area contributed by atoms with Crippen LogP contribution < -0.4 is 0 Å². The van der Waals surface area contributed by atoms with Gasteiger partial charge in [-0.2, -0.15) is 0 Å². The molecule has 6 aliphatic rings. The van der Waals surface area contributed by atoms with Gasteiger partial charge in [-0.05, 0) is 68.6 Å². The molecule has 6 bridgehead atoms. The van der Waals surface area contributed by atoms with Crippen LogP contribution in [0.25, 0.3) is 0 Å². The highest BCUT2D eigenvalue weighted by Gasteiger charge is 2.47. The van der Waals surface area contributed by atoms with Gasteiger partial charge in [0.1, 0.15) is 0 Å². The molecule has 0 N–H and O–H groups in total. The lowest BCUT2D eigenvalue weighted by Gasteiger charge is -2.05. The lowest BCUT2D eigenvalue weighted by Crippen LogP contribution is -1.97. The maximum atomic E-state index is 2.54. The van der Waals surface area contributed by atoms with Crippen molar-refractivity contribution in [2.24, 2.45) is 29.6 Å². The third kappa shape index (κ3) is 1.49. The van der Waals surface area contributed by atoms with Gasteiger partial charge in [-0.25, -0.2) is 0 Å². The predicted molar refractivity (Wildman–Crippen MR) is 71.5 cm³/mol. The molecule has 3 fully saturated rings. The highest BCUT2D eigenvalue weighted by Crippen LogP contribution is 2.58. The van der Waals surface area contributed by atoms with Crippen LogP contribution in [0, 0.1) is 29.6 Å². The van der Waals surface area contributed by atoms with E-state index in [1.807, 2.05) is 5.57 Å². The average molecular weight is 226 g/mol. The summed E-state index contributed by atoms with van der Waals surface area (Å²) in [5, 5.41) is 0. The second-order valence-electron chi connectivity index (χ2n) is 6.59. The van der Waals surface area contributed by atoms with Crippen molar-refractivity contribution in [1.29, 1.82) is 0 Å². The van der Waals surface area contributed by atoms with Crippen molar-refractivity contribution in [3.63, 3.8) is 0 Å². The maximum absolute atomic E-state index is 2.54. The summed E-state index contributed by atoms with van der Waals surface area (Å²) in [5.74, 6) is 4.98. The Balaban J connectivity index is 0.0000000944. The summed E-state index contributed by atoms with van der Waals surface area (Å²) in [7, 11) is 0. The lowest BCUT2D eigenvalue weighted by atomic mass is 9.99. The average Bonchev–Trinajstić information content (AvgIpc) is 3.11. The highest BCUT2D eigenvalue weighted by molar-refractivity contribution is 5.29. The van der Waals surface area contributed by atoms with Gasteiger partial charge in [-0.1, -0.05) is 35.5 Å². The molecule has 6 rings (SSSR count). The Hall–Kier alpha value is -0.780. The maximum Gasteiger partial charge on any atom is -0.00174 e. The molecule has 0 nitrogen and oxygen atoms in total. The van der Waals surface area contributed by atoms with Gasteiger partial charge in [0.25, 0.3) is 0 Å². The largest absolute Gasteiger partial charge is 0.0878 e. The summed E-state index contributed by atoms with van der Waals surface area (Å²) in [4.78, 5) is 0. The van der Waals surface area contributed by atoms with E-state index >= 15 is 0 Å². The second-order valence-corrected chi connectivity index (χ2v) is 6.59. The minimum Gasteiger partial charge on any atom is -0.0878 e. The Bertz CT molecular complexity index is 423. The fourth-order valence-corrected chi connectivity index (χ4v) is 4.83.